The second kappa shape index (κ2) is 4.52. The van der Waals surface area contributed by atoms with Gasteiger partial charge in [0.05, 0.1) is 4.47 Å². The first-order chi connectivity index (χ1) is 7.16. The third-order valence-electron chi connectivity index (χ3n) is 3.16. The Morgan fingerprint density at radius 3 is 2.87 bits per heavy atom. The van der Waals surface area contributed by atoms with E-state index in [9.17, 15) is 0 Å². The van der Waals surface area contributed by atoms with Gasteiger partial charge in [0, 0.05) is 12.2 Å². The average Bonchev–Trinajstić information content (AvgIpc) is 2.57. The predicted octanol–water partition coefficient (Wildman–Crippen LogP) is 3.75. The maximum absolute atomic E-state index is 4.42. The van der Waals surface area contributed by atoms with Gasteiger partial charge in [-0.15, -0.1) is 0 Å². The molecule has 1 aliphatic carbocycles. The molecule has 1 saturated carbocycles. The van der Waals surface area contributed by atoms with Crippen molar-refractivity contribution in [1.29, 1.82) is 0 Å². The van der Waals surface area contributed by atoms with Crippen LogP contribution in [0.4, 0.5) is 5.82 Å². The Labute approximate surface area is 99.6 Å². The molecule has 0 spiro atoms. The maximum atomic E-state index is 4.42. The molecule has 1 aromatic rings. The van der Waals surface area contributed by atoms with Crippen molar-refractivity contribution in [3.63, 3.8) is 0 Å². The van der Waals surface area contributed by atoms with Crippen LogP contribution in [0.2, 0.25) is 0 Å². The molecule has 0 saturated heterocycles. The molecular formula is C12H17BrN2. The summed E-state index contributed by atoms with van der Waals surface area (Å²) < 4.78 is 1.07. The fourth-order valence-electron chi connectivity index (χ4n) is 2.18. The van der Waals surface area contributed by atoms with Crippen LogP contribution in [0.5, 0.6) is 0 Å². The Hall–Kier alpha value is -0.570. The van der Waals surface area contributed by atoms with Crippen molar-refractivity contribution in [2.45, 2.75) is 39.2 Å². The average molecular weight is 269 g/mol. The van der Waals surface area contributed by atoms with Gasteiger partial charge in [0.25, 0.3) is 0 Å². The number of aromatic nitrogens is 1. The Morgan fingerprint density at radius 2 is 2.27 bits per heavy atom. The molecule has 1 aromatic heterocycles. The smallest absolute Gasteiger partial charge is 0.140 e. The van der Waals surface area contributed by atoms with Crippen molar-refractivity contribution in [2.24, 2.45) is 5.92 Å². The number of anilines is 1. The molecule has 1 aliphatic rings. The van der Waals surface area contributed by atoms with E-state index < -0.39 is 0 Å². The minimum absolute atomic E-state index is 0.594. The minimum Gasteiger partial charge on any atom is -0.366 e. The first kappa shape index (κ1) is 10.9. The van der Waals surface area contributed by atoms with Crippen molar-refractivity contribution >= 4 is 21.7 Å². The maximum Gasteiger partial charge on any atom is 0.140 e. The van der Waals surface area contributed by atoms with Gasteiger partial charge in [0.2, 0.25) is 0 Å². The standard InChI is InChI=1S/C12H17BrN2/c1-8-6-10(13)12(14-7-8)15-11-5-3-4-9(11)2/h6-7,9,11H,3-5H2,1-2H3,(H,14,15). The van der Waals surface area contributed by atoms with Crippen LogP contribution in [0, 0.1) is 12.8 Å². The van der Waals surface area contributed by atoms with E-state index in [1.165, 1.54) is 24.8 Å². The number of nitrogens with one attached hydrogen (secondary N) is 1. The summed E-state index contributed by atoms with van der Waals surface area (Å²) in [4.78, 5) is 4.42. The summed E-state index contributed by atoms with van der Waals surface area (Å²) >= 11 is 3.55. The van der Waals surface area contributed by atoms with Crippen molar-refractivity contribution in [3.05, 3.63) is 22.3 Å². The zero-order valence-corrected chi connectivity index (χ0v) is 10.8. The van der Waals surface area contributed by atoms with Crippen molar-refractivity contribution in [1.82, 2.24) is 4.98 Å². The molecule has 0 amide bonds. The summed E-state index contributed by atoms with van der Waals surface area (Å²) in [7, 11) is 0. The molecule has 2 rings (SSSR count). The summed E-state index contributed by atoms with van der Waals surface area (Å²) in [6.45, 7) is 4.37. The normalized spacial score (nSPS) is 25.5. The topological polar surface area (TPSA) is 24.9 Å². The van der Waals surface area contributed by atoms with Crippen LogP contribution in [-0.2, 0) is 0 Å². The summed E-state index contributed by atoms with van der Waals surface area (Å²) in [5.74, 6) is 1.75. The number of hydrogen-bond donors (Lipinski definition) is 1. The largest absolute Gasteiger partial charge is 0.366 e. The molecule has 1 N–H and O–H groups in total. The molecule has 0 aliphatic heterocycles. The first-order valence-corrected chi connectivity index (χ1v) is 6.35. The highest BCUT2D eigenvalue weighted by Crippen LogP contribution is 2.29. The first-order valence-electron chi connectivity index (χ1n) is 5.55. The molecule has 2 unspecified atom stereocenters. The lowest BCUT2D eigenvalue weighted by Crippen LogP contribution is -2.22. The Bertz CT molecular complexity index is 351. The molecule has 2 atom stereocenters. The van der Waals surface area contributed by atoms with Crippen LogP contribution in [0.3, 0.4) is 0 Å². The lowest BCUT2D eigenvalue weighted by atomic mass is 10.1. The Kier molecular flexibility index (Phi) is 3.29. The minimum atomic E-state index is 0.594. The molecule has 2 nitrogen and oxygen atoms in total. The zero-order valence-electron chi connectivity index (χ0n) is 9.26. The summed E-state index contributed by atoms with van der Waals surface area (Å²) in [5.41, 5.74) is 1.19. The molecule has 0 bridgehead atoms. The van der Waals surface area contributed by atoms with Gasteiger partial charge in [-0.3, -0.25) is 0 Å². The van der Waals surface area contributed by atoms with Gasteiger partial charge >= 0.3 is 0 Å². The van der Waals surface area contributed by atoms with Crippen molar-refractivity contribution in [3.8, 4) is 0 Å². The molecule has 15 heavy (non-hydrogen) atoms. The molecule has 0 aromatic carbocycles. The Morgan fingerprint density at radius 1 is 1.47 bits per heavy atom. The van der Waals surface area contributed by atoms with Crippen LogP contribution in [0.1, 0.15) is 31.7 Å². The number of hydrogen-bond acceptors (Lipinski definition) is 2. The van der Waals surface area contributed by atoms with E-state index in [1.807, 2.05) is 6.20 Å². The fraction of sp³-hybridized carbons (Fsp3) is 0.583. The van der Waals surface area contributed by atoms with E-state index in [4.69, 9.17) is 0 Å². The van der Waals surface area contributed by atoms with E-state index in [1.54, 1.807) is 0 Å². The van der Waals surface area contributed by atoms with Gasteiger partial charge in [-0.25, -0.2) is 4.98 Å². The Balaban J connectivity index is 2.10. The molecule has 1 fully saturated rings. The third kappa shape index (κ3) is 2.51. The van der Waals surface area contributed by atoms with Crippen LogP contribution in [-0.4, -0.2) is 11.0 Å². The highest BCUT2D eigenvalue weighted by molar-refractivity contribution is 9.10. The summed E-state index contributed by atoms with van der Waals surface area (Å²) in [6.07, 6.45) is 5.85. The molecular weight excluding hydrogens is 252 g/mol. The van der Waals surface area contributed by atoms with Gasteiger partial charge < -0.3 is 5.32 Å². The second-order valence-electron chi connectivity index (χ2n) is 4.50. The second-order valence-corrected chi connectivity index (χ2v) is 5.36. The van der Waals surface area contributed by atoms with Gasteiger partial charge in [0.15, 0.2) is 0 Å². The number of nitrogens with zero attached hydrogens (tertiary/aromatic N) is 1. The van der Waals surface area contributed by atoms with E-state index >= 15 is 0 Å². The van der Waals surface area contributed by atoms with Gasteiger partial charge in [0.1, 0.15) is 5.82 Å². The predicted molar refractivity (Wildman–Crippen MR) is 67.1 cm³/mol. The lowest BCUT2D eigenvalue weighted by Gasteiger charge is -2.18. The molecule has 3 heteroatoms. The number of pyridine rings is 1. The van der Waals surface area contributed by atoms with Gasteiger partial charge in [-0.1, -0.05) is 13.3 Å². The lowest BCUT2D eigenvalue weighted by molar-refractivity contribution is 0.554. The van der Waals surface area contributed by atoms with Gasteiger partial charge in [-0.2, -0.15) is 0 Å². The van der Waals surface area contributed by atoms with Crippen molar-refractivity contribution in [2.75, 3.05) is 5.32 Å². The van der Waals surface area contributed by atoms with Crippen LogP contribution in [0.15, 0.2) is 16.7 Å². The van der Waals surface area contributed by atoms with Gasteiger partial charge in [-0.05, 0) is 53.2 Å². The van der Waals surface area contributed by atoms with Crippen molar-refractivity contribution < 1.29 is 0 Å². The third-order valence-corrected chi connectivity index (χ3v) is 3.77. The van der Waals surface area contributed by atoms with E-state index in [0.717, 1.165) is 16.2 Å². The number of rotatable bonds is 2. The number of halogens is 1. The van der Waals surface area contributed by atoms with E-state index in [0.29, 0.717) is 6.04 Å². The highest BCUT2D eigenvalue weighted by atomic mass is 79.9. The molecule has 1 heterocycles. The monoisotopic (exact) mass is 268 g/mol. The molecule has 82 valence electrons. The van der Waals surface area contributed by atoms with Crippen LogP contribution < -0.4 is 5.32 Å². The van der Waals surface area contributed by atoms with E-state index in [-0.39, 0.29) is 0 Å². The summed E-state index contributed by atoms with van der Waals surface area (Å²) in [5, 5.41) is 3.53. The quantitative estimate of drug-likeness (QED) is 0.884. The number of aryl methyl sites for hydroxylation is 1. The zero-order chi connectivity index (χ0) is 10.8. The van der Waals surface area contributed by atoms with Crippen LogP contribution >= 0.6 is 15.9 Å². The fourth-order valence-corrected chi connectivity index (χ4v) is 2.75. The SMILES string of the molecule is Cc1cnc(NC2CCCC2C)c(Br)c1. The summed E-state index contributed by atoms with van der Waals surface area (Å²) in [6, 6.07) is 2.70. The van der Waals surface area contributed by atoms with Crippen LogP contribution in [0.25, 0.3) is 0 Å². The highest BCUT2D eigenvalue weighted by Gasteiger charge is 2.23. The van der Waals surface area contributed by atoms with E-state index in [2.05, 4.69) is 46.1 Å². The molecule has 0 radical (unpaired) electrons.